The highest BCUT2D eigenvalue weighted by atomic mass is 16.3. The van der Waals surface area contributed by atoms with E-state index in [4.69, 9.17) is 4.42 Å². The number of hydrogen-bond acceptors (Lipinski definition) is 3. The largest absolute Gasteiger partial charge is 0.508 e. The molecule has 4 aromatic rings. The highest BCUT2D eigenvalue weighted by Crippen LogP contribution is 2.36. The van der Waals surface area contributed by atoms with Crippen LogP contribution in [0.1, 0.15) is 0 Å². The summed E-state index contributed by atoms with van der Waals surface area (Å²) in [6.07, 6.45) is 0. The average Bonchev–Trinajstić information content (AvgIpc) is 2.75. The van der Waals surface area contributed by atoms with Gasteiger partial charge in [0, 0.05) is 22.2 Å². The first-order valence-electron chi connectivity index (χ1n) is 5.99. The summed E-state index contributed by atoms with van der Waals surface area (Å²) in [4.78, 5) is 0. The molecule has 19 heavy (non-hydrogen) atoms. The van der Waals surface area contributed by atoms with E-state index in [-0.39, 0.29) is 11.5 Å². The van der Waals surface area contributed by atoms with E-state index in [1.54, 1.807) is 24.3 Å². The van der Waals surface area contributed by atoms with Gasteiger partial charge < -0.3 is 14.6 Å². The molecular weight excluding hydrogens is 240 g/mol. The molecule has 0 amide bonds. The Balaban J connectivity index is 2.24. The Kier molecular flexibility index (Phi) is 1.85. The third kappa shape index (κ3) is 1.38. The summed E-state index contributed by atoms with van der Waals surface area (Å²) in [6, 6.07) is 14.2. The van der Waals surface area contributed by atoms with Crippen molar-refractivity contribution in [2.45, 2.75) is 0 Å². The molecule has 0 bridgehead atoms. The average molecular weight is 250 g/mol. The van der Waals surface area contributed by atoms with Crippen LogP contribution in [-0.4, -0.2) is 10.2 Å². The monoisotopic (exact) mass is 250 g/mol. The Morgan fingerprint density at radius 1 is 0.684 bits per heavy atom. The van der Waals surface area contributed by atoms with Crippen molar-refractivity contribution in [2.75, 3.05) is 0 Å². The van der Waals surface area contributed by atoms with E-state index in [1.165, 1.54) is 0 Å². The van der Waals surface area contributed by atoms with E-state index < -0.39 is 0 Å². The molecule has 3 nitrogen and oxygen atoms in total. The molecule has 0 radical (unpaired) electrons. The lowest BCUT2D eigenvalue weighted by Crippen LogP contribution is -1.73. The summed E-state index contributed by atoms with van der Waals surface area (Å²) in [5.74, 6) is 0.425. The Hall–Kier alpha value is -2.68. The molecule has 0 aliphatic rings. The molecule has 2 N–H and O–H groups in total. The molecule has 0 aliphatic heterocycles. The molecule has 3 aromatic carbocycles. The van der Waals surface area contributed by atoms with Crippen LogP contribution in [0.2, 0.25) is 0 Å². The summed E-state index contributed by atoms with van der Waals surface area (Å²) in [5, 5.41) is 22.9. The topological polar surface area (TPSA) is 53.6 Å². The molecule has 0 unspecified atom stereocenters. The third-order valence-electron chi connectivity index (χ3n) is 3.42. The fraction of sp³-hybridized carbons (Fsp3) is 0. The van der Waals surface area contributed by atoms with Crippen LogP contribution in [0.3, 0.4) is 0 Å². The minimum Gasteiger partial charge on any atom is -0.508 e. The van der Waals surface area contributed by atoms with Gasteiger partial charge in [-0.1, -0.05) is 6.07 Å². The smallest absolute Gasteiger partial charge is 0.143 e. The summed E-state index contributed by atoms with van der Waals surface area (Å²) < 4.78 is 5.84. The number of hydrogen-bond donors (Lipinski definition) is 2. The molecule has 0 spiro atoms. The second-order valence-corrected chi connectivity index (χ2v) is 4.63. The second-order valence-electron chi connectivity index (χ2n) is 4.63. The first-order valence-corrected chi connectivity index (χ1v) is 5.99. The fourth-order valence-corrected chi connectivity index (χ4v) is 2.54. The lowest BCUT2D eigenvalue weighted by Gasteiger charge is -1.99. The van der Waals surface area contributed by atoms with Gasteiger partial charge in [0.15, 0.2) is 0 Å². The number of rotatable bonds is 0. The van der Waals surface area contributed by atoms with Crippen LogP contribution >= 0.6 is 0 Å². The van der Waals surface area contributed by atoms with Crippen molar-refractivity contribution in [2.24, 2.45) is 0 Å². The Bertz CT molecular complexity index is 935. The standard InChI is InChI=1S/C16H10O3/c17-10-2-5-12-9(7-10)1-4-14-13-6-3-11(18)8-15(13)19-16(12)14/h1-8,17-18H. The van der Waals surface area contributed by atoms with Crippen LogP contribution in [0.25, 0.3) is 32.7 Å². The lowest BCUT2D eigenvalue weighted by atomic mass is 10.1. The normalized spacial score (nSPS) is 11.6. The van der Waals surface area contributed by atoms with Crippen molar-refractivity contribution < 1.29 is 14.6 Å². The zero-order valence-corrected chi connectivity index (χ0v) is 9.92. The van der Waals surface area contributed by atoms with Crippen LogP contribution in [0.4, 0.5) is 0 Å². The molecule has 0 fully saturated rings. The summed E-state index contributed by atoms with van der Waals surface area (Å²) >= 11 is 0. The van der Waals surface area contributed by atoms with Gasteiger partial charge in [0.1, 0.15) is 22.7 Å². The van der Waals surface area contributed by atoms with Crippen LogP contribution < -0.4 is 0 Å². The van der Waals surface area contributed by atoms with Crippen LogP contribution in [0.15, 0.2) is 52.9 Å². The van der Waals surface area contributed by atoms with Crippen molar-refractivity contribution in [3.05, 3.63) is 48.5 Å². The van der Waals surface area contributed by atoms with Gasteiger partial charge in [-0.15, -0.1) is 0 Å². The predicted molar refractivity (Wildman–Crippen MR) is 74.6 cm³/mol. The van der Waals surface area contributed by atoms with E-state index in [0.717, 1.165) is 27.1 Å². The van der Waals surface area contributed by atoms with Crippen LogP contribution in [0, 0.1) is 0 Å². The molecular formula is C16H10O3. The SMILES string of the molecule is Oc1ccc2c(ccc3c4ccc(O)cc4oc23)c1. The van der Waals surface area contributed by atoms with E-state index in [9.17, 15) is 10.2 Å². The quantitative estimate of drug-likeness (QED) is 0.493. The van der Waals surface area contributed by atoms with Crippen molar-refractivity contribution in [3.8, 4) is 11.5 Å². The predicted octanol–water partition coefficient (Wildman–Crippen LogP) is 4.15. The van der Waals surface area contributed by atoms with Gasteiger partial charge in [-0.05, 0) is 41.8 Å². The minimum absolute atomic E-state index is 0.188. The molecule has 1 aromatic heterocycles. The molecule has 0 saturated heterocycles. The number of phenolic OH excluding ortho intramolecular Hbond substituents is 2. The van der Waals surface area contributed by atoms with Crippen LogP contribution in [0.5, 0.6) is 11.5 Å². The van der Waals surface area contributed by atoms with Crippen molar-refractivity contribution in [1.82, 2.24) is 0 Å². The van der Waals surface area contributed by atoms with E-state index >= 15 is 0 Å². The maximum Gasteiger partial charge on any atom is 0.143 e. The lowest BCUT2D eigenvalue weighted by molar-refractivity contribution is 0.475. The first kappa shape index (κ1) is 10.3. The second kappa shape index (κ2) is 3.42. The van der Waals surface area contributed by atoms with Crippen molar-refractivity contribution in [1.29, 1.82) is 0 Å². The Morgan fingerprint density at radius 2 is 1.37 bits per heavy atom. The van der Waals surface area contributed by atoms with E-state index in [2.05, 4.69) is 0 Å². The first-order chi connectivity index (χ1) is 9.22. The summed E-state index contributed by atoms with van der Waals surface area (Å²) in [5.41, 5.74) is 1.44. The van der Waals surface area contributed by atoms with Crippen molar-refractivity contribution >= 4 is 32.7 Å². The highest BCUT2D eigenvalue weighted by molar-refractivity contribution is 6.15. The Labute approximate surface area is 108 Å². The summed E-state index contributed by atoms with van der Waals surface area (Å²) in [6.45, 7) is 0. The van der Waals surface area contributed by atoms with Crippen molar-refractivity contribution in [3.63, 3.8) is 0 Å². The van der Waals surface area contributed by atoms with Gasteiger partial charge >= 0.3 is 0 Å². The molecule has 4 rings (SSSR count). The minimum atomic E-state index is 0.188. The number of aromatic hydroxyl groups is 2. The van der Waals surface area contributed by atoms with Gasteiger partial charge in [-0.2, -0.15) is 0 Å². The maximum absolute atomic E-state index is 9.51. The molecule has 0 saturated carbocycles. The summed E-state index contributed by atoms with van der Waals surface area (Å²) in [7, 11) is 0. The maximum atomic E-state index is 9.51. The van der Waals surface area contributed by atoms with E-state index in [1.807, 2.05) is 24.3 Å². The third-order valence-corrected chi connectivity index (χ3v) is 3.42. The highest BCUT2D eigenvalue weighted by Gasteiger charge is 2.10. The van der Waals surface area contributed by atoms with Gasteiger partial charge in [0.25, 0.3) is 0 Å². The zero-order chi connectivity index (χ0) is 13.0. The molecule has 92 valence electrons. The fourth-order valence-electron chi connectivity index (χ4n) is 2.54. The Morgan fingerprint density at radius 3 is 2.21 bits per heavy atom. The molecule has 0 atom stereocenters. The zero-order valence-electron chi connectivity index (χ0n) is 9.92. The van der Waals surface area contributed by atoms with Gasteiger partial charge in [0.2, 0.25) is 0 Å². The number of phenols is 2. The number of fused-ring (bicyclic) bond motifs is 5. The van der Waals surface area contributed by atoms with Gasteiger partial charge in [0.05, 0.1) is 0 Å². The van der Waals surface area contributed by atoms with Crippen LogP contribution in [-0.2, 0) is 0 Å². The molecule has 0 aliphatic carbocycles. The number of benzene rings is 3. The molecule has 1 heterocycles. The molecule has 3 heteroatoms. The van der Waals surface area contributed by atoms with E-state index in [0.29, 0.717) is 5.58 Å². The number of furan rings is 1. The van der Waals surface area contributed by atoms with Gasteiger partial charge in [-0.25, -0.2) is 0 Å². The van der Waals surface area contributed by atoms with Gasteiger partial charge in [-0.3, -0.25) is 0 Å².